The number of rotatable bonds is 2. The fourth-order valence-corrected chi connectivity index (χ4v) is 2.13. The number of likely N-dealkylation sites (tertiary alicyclic amines) is 1. The van der Waals surface area contributed by atoms with Crippen LogP contribution < -0.4 is 5.32 Å². The van der Waals surface area contributed by atoms with Crippen LogP contribution in [0.4, 0.5) is 4.79 Å². The van der Waals surface area contributed by atoms with Crippen LogP contribution in [0.25, 0.3) is 0 Å². The van der Waals surface area contributed by atoms with Crippen molar-refractivity contribution in [3.05, 3.63) is 18.0 Å². The number of carbonyl (C=O) groups excluding carboxylic acids is 1. The largest absolute Gasteiger partial charge is 0.331 e. The molecule has 1 saturated heterocycles. The van der Waals surface area contributed by atoms with Crippen LogP contribution in [0, 0.1) is 0 Å². The van der Waals surface area contributed by atoms with Crippen molar-refractivity contribution < 1.29 is 4.79 Å². The number of H-pyrrole nitrogens is 1. The first-order valence-electron chi connectivity index (χ1n) is 6.31. The summed E-state index contributed by atoms with van der Waals surface area (Å²) < 4.78 is 0. The maximum absolute atomic E-state index is 12.0. The molecular weight excluding hydrogens is 216 g/mol. The maximum atomic E-state index is 12.0. The topological polar surface area (TPSA) is 61.0 Å². The Kier molecular flexibility index (Phi) is 4.01. The third-order valence-electron chi connectivity index (χ3n) is 3.25. The quantitative estimate of drug-likeness (QED) is 0.825. The Balaban J connectivity index is 1.87. The summed E-state index contributed by atoms with van der Waals surface area (Å²) in [5, 5.41) is 9.65. The number of hydrogen-bond donors (Lipinski definition) is 2. The summed E-state index contributed by atoms with van der Waals surface area (Å²) in [7, 11) is 0. The smallest absolute Gasteiger partial charge is 0.317 e. The Hall–Kier alpha value is -1.52. The molecule has 5 nitrogen and oxygen atoms in total. The van der Waals surface area contributed by atoms with E-state index in [1.165, 1.54) is 12.8 Å². The molecule has 1 fully saturated rings. The van der Waals surface area contributed by atoms with Crippen molar-refractivity contribution in [1.82, 2.24) is 20.4 Å². The highest BCUT2D eigenvalue weighted by Crippen LogP contribution is 2.13. The highest BCUT2D eigenvalue weighted by Gasteiger charge is 2.17. The van der Waals surface area contributed by atoms with Crippen molar-refractivity contribution in [2.24, 2.45) is 0 Å². The molecule has 0 aromatic carbocycles. The molecule has 0 saturated carbocycles. The minimum atomic E-state index is 0.00417. The van der Waals surface area contributed by atoms with Crippen LogP contribution >= 0.6 is 0 Å². The molecule has 1 aromatic rings. The molecule has 1 aromatic heterocycles. The lowest BCUT2D eigenvalue weighted by atomic mass is 10.2. The van der Waals surface area contributed by atoms with Crippen LogP contribution in [-0.4, -0.2) is 34.2 Å². The fourth-order valence-electron chi connectivity index (χ4n) is 2.13. The lowest BCUT2D eigenvalue weighted by Gasteiger charge is -2.23. The first kappa shape index (κ1) is 12.0. The predicted molar refractivity (Wildman–Crippen MR) is 65.6 cm³/mol. The molecule has 0 radical (unpaired) electrons. The van der Waals surface area contributed by atoms with E-state index in [2.05, 4.69) is 15.5 Å². The van der Waals surface area contributed by atoms with Gasteiger partial charge in [0.2, 0.25) is 0 Å². The van der Waals surface area contributed by atoms with Crippen molar-refractivity contribution in [2.75, 3.05) is 13.1 Å². The van der Waals surface area contributed by atoms with Crippen molar-refractivity contribution >= 4 is 6.03 Å². The van der Waals surface area contributed by atoms with Crippen LogP contribution in [0.2, 0.25) is 0 Å². The molecule has 17 heavy (non-hydrogen) atoms. The summed E-state index contributed by atoms with van der Waals surface area (Å²) in [4.78, 5) is 14.0. The van der Waals surface area contributed by atoms with E-state index in [-0.39, 0.29) is 12.1 Å². The lowest BCUT2D eigenvalue weighted by molar-refractivity contribution is 0.196. The molecule has 5 heteroatoms. The molecule has 94 valence electrons. The van der Waals surface area contributed by atoms with Gasteiger partial charge in [-0.3, -0.25) is 5.10 Å². The molecule has 1 atom stereocenters. The second kappa shape index (κ2) is 5.70. The Bertz CT molecular complexity index is 341. The van der Waals surface area contributed by atoms with Gasteiger partial charge in [0.25, 0.3) is 0 Å². The van der Waals surface area contributed by atoms with Gasteiger partial charge in [-0.05, 0) is 19.8 Å². The van der Waals surface area contributed by atoms with Gasteiger partial charge >= 0.3 is 6.03 Å². The van der Waals surface area contributed by atoms with E-state index in [1.54, 1.807) is 6.20 Å². The van der Waals surface area contributed by atoms with Crippen LogP contribution in [-0.2, 0) is 0 Å². The van der Waals surface area contributed by atoms with E-state index < -0.39 is 0 Å². The van der Waals surface area contributed by atoms with Crippen molar-refractivity contribution in [3.63, 3.8) is 0 Å². The van der Waals surface area contributed by atoms with E-state index in [4.69, 9.17) is 0 Å². The van der Waals surface area contributed by atoms with Gasteiger partial charge in [0.15, 0.2) is 0 Å². The average molecular weight is 236 g/mol. The predicted octanol–water partition coefficient (Wildman–Crippen LogP) is 2.06. The SMILES string of the molecule is CC(NC(=O)N1CCCCCC1)c1cn[nH]c1. The molecule has 0 bridgehead atoms. The van der Waals surface area contributed by atoms with Gasteiger partial charge in [-0.2, -0.15) is 5.10 Å². The summed E-state index contributed by atoms with van der Waals surface area (Å²) in [6.07, 6.45) is 8.27. The van der Waals surface area contributed by atoms with Crippen LogP contribution in [0.3, 0.4) is 0 Å². The van der Waals surface area contributed by atoms with Gasteiger partial charge in [0.1, 0.15) is 0 Å². The Morgan fingerprint density at radius 3 is 2.71 bits per heavy atom. The Morgan fingerprint density at radius 2 is 2.12 bits per heavy atom. The lowest BCUT2D eigenvalue weighted by Crippen LogP contribution is -2.41. The van der Waals surface area contributed by atoms with Crippen LogP contribution in [0.5, 0.6) is 0 Å². The average Bonchev–Trinajstić information content (AvgIpc) is 2.71. The van der Waals surface area contributed by atoms with Gasteiger partial charge in [0, 0.05) is 24.8 Å². The first-order chi connectivity index (χ1) is 8.27. The zero-order valence-electron chi connectivity index (χ0n) is 10.3. The third-order valence-corrected chi connectivity index (χ3v) is 3.25. The Morgan fingerprint density at radius 1 is 1.41 bits per heavy atom. The second-order valence-corrected chi connectivity index (χ2v) is 4.60. The summed E-state index contributed by atoms with van der Waals surface area (Å²) in [6, 6.07) is 0.0464. The van der Waals surface area contributed by atoms with Crippen molar-refractivity contribution in [1.29, 1.82) is 0 Å². The monoisotopic (exact) mass is 236 g/mol. The number of amides is 2. The summed E-state index contributed by atoms with van der Waals surface area (Å²) >= 11 is 0. The number of aromatic amines is 1. The zero-order chi connectivity index (χ0) is 12.1. The standard InChI is InChI=1S/C12H20N4O/c1-10(11-8-13-14-9-11)15-12(17)16-6-4-2-3-5-7-16/h8-10H,2-7H2,1H3,(H,13,14)(H,15,17). The fraction of sp³-hybridized carbons (Fsp3) is 0.667. The molecule has 1 aliphatic rings. The number of nitrogens with zero attached hydrogens (tertiary/aromatic N) is 2. The van der Waals surface area contributed by atoms with E-state index in [0.29, 0.717) is 0 Å². The minimum Gasteiger partial charge on any atom is -0.331 e. The number of hydrogen-bond acceptors (Lipinski definition) is 2. The number of urea groups is 1. The van der Waals surface area contributed by atoms with E-state index in [9.17, 15) is 4.79 Å². The second-order valence-electron chi connectivity index (χ2n) is 4.60. The van der Waals surface area contributed by atoms with Gasteiger partial charge < -0.3 is 10.2 Å². The summed E-state index contributed by atoms with van der Waals surface area (Å²) in [5.74, 6) is 0. The normalized spacial score (nSPS) is 18.5. The molecule has 0 aliphatic carbocycles. The van der Waals surface area contributed by atoms with Gasteiger partial charge in [-0.1, -0.05) is 12.8 Å². The molecule has 0 spiro atoms. The number of aromatic nitrogens is 2. The van der Waals surface area contributed by atoms with E-state index >= 15 is 0 Å². The summed E-state index contributed by atoms with van der Waals surface area (Å²) in [6.45, 7) is 3.73. The highest BCUT2D eigenvalue weighted by molar-refractivity contribution is 5.74. The molecule has 2 amide bonds. The van der Waals surface area contributed by atoms with Crippen LogP contribution in [0.15, 0.2) is 12.4 Å². The molecule has 2 N–H and O–H groups in total. The van der Waals surface area contributed by atoms with Gasteiger partial charge in [-0.15, -0.1) is 0 Å². The summed E-state index contributed by atoms with van der Waals surface area (Å²) in [5.41, 5.74) is 1.01. The number of nitrogens with one attached hydrogen (secondary N) is 2. The van der Waals surface area contributed by atoms with Gasteiger partial charge in [-0.25, -0.2) is 4.79 Å². The number of carbonyl (C=O) groups is 1. The molecule has 1 unspecified atom stereocenters. The van der Waals surface area contributed by atoms with Gasteiger partial charge in [0.05, 0.1) is 12.2 Å². The van der Waals surface area contributed by atoms with E-state index in [1.807, 2.05) is 18.0 Å². The van der Waals surface area contributed by atoms with Crippen molar-refractivity contribution in [2.45, 2.75) is 38.6 Å². The highest BCUT2D eigenvalue weighted by atomic mass is 16.2. The zero-order valence-corrected chi connectivity index (χ0v) is 10.3. The molecule has 1 aliphatic heterocycles. The minimum absolute atomic E-state index is 0.00417. The molecule has 2 heterocycles. The van der Waals surface area contributed by atoms with E-state index in [0.717, 1.165) is 31.5 Å². The van der Waals surface area contributed by atoms with Crippen LogP contribution in [0.1, 0.15) is 44.2 Å². The maximum Gasteiger partial charge on any atom is 0.317 e. The first-order valence-corrected chi connectivity index (χ1v) is 6.31. The molecule has 2 rings (SSSR count). The Labute approximate surface area is 102 Å². The molecular formula is C12H20N4O. The third kappa shape index (κ3) is 3.22. The van der Waals surface area contributed by atoms with Crippen molar-refractivity contribution in [3.8, 4) is 0 Å².